The number of esters is 1. The highest BCUT2D eigenvalue weighted by atomic mass is 16.6. The predicted molar refractivity (Wildman–Crippen MR) is 67.2 cm³/mol. The van der Waals surface area contributed by atoms with Crippen molar-refractivity contribution in [3.05, 3.63) is 0 Å². The van der Waals surface area contributed by atoms with Crippen LogP contribution in [0, 0.1) is 0 Å². The third-order valence-corrected chi connectivity index (χ3v) is 2.97. The molecule has 9 heteroatoms. The average Bonchev–Trinajstić information content (AvgIpc) is 2.40. The monoisotopic (exact) mass is 305 g/mol. The number of rotatable bonds is 6. The summed E-state index contributed by atoms with van der Waals surface area (Å²) in [5.41, 5.74) is 0. The first-order chi connectivity index (χ1) is 9.81. The Morgan fingerprint density at radius 3 is 2.48 bits per heavy atom. The Morgan fingerprint density at radius 1 is 1.24 bits per heavy atom. The Hall–Kier alpha value is -1.71. The average molecular weight is 305 g/mol. The smallest absolute Gasteiger partial charge is 0.306 e. The van der Waals surface area contributed by atoms with Crippen molar-refractivity contribution in [1.82, 2.24) is 5.32 Å². The first kappa shape index (κ1) is 17.3. The maximum atomic E-state index is 11.2. The van der Waals surface area contributed by atoms with E-state index in [0.717, 1.165) is 0 Å². The molecule has 0 aromatic heterocycles. The summed E-state index contributed by atoms with van der Waals surface area (Å²) < 4.78 is 10.0. The van der Waals surface area contributed by atoms with Gasteiger partial charge in [0.25, 0.3) is 0 Å². The van der Waals surface area contributed by atoms with Gasteiger partial charge in [0, 0.05) is 6.92 Å². The number of ether oxygens (including phenoxy) is 2. The lowest BCUT2D eigenvalue weighted by Crippen LogP contribution is -2.59. The summed E-state index contributed by atoms with van der Waals surface area (Å²) in [6.45, 7) is 0.939. The molecule has 1 rings (SSSR count). The number of hydrogen-bond acceptors (Lipinski definition) is 7. The molecule has 1 aliphatic rings. The quantitative estimate of drug-likeness (QED) is 0.413. The molecule has 0 bridgehead atoms. The SMILES string of the molecule is CC(=O)NC1CO[C@H](COC(=O)CCC(=O)O)[C@@H](O)[C@@H]1O. The number of carbonyl (C=O) groups excluding carboxylic acids is 2. The van der Waals surface area contributed by atoms with Gasteiger partial charge in [-0.1, -0.05) is 0 Å². The third kappa shape index (κ3) is 5.66. The molecule has 0 aliphatic carbocycles. The molecule has 1 fully saturated rings. The van der Waals surface area contributed by atoms with E-state index in [0.29, 0.717) is 0 Å². The van der Waals surface area contributed by atoms with Crippen molar-refractivity contribution in [2.45, 2.75) is 44.1 Å². The molecule has 4 atom stereocenters. The second kappa shape index (κ2) is 7.91. The van der Waals surface area contributed by atoms with E-state index in [9.17, 15) is 24.6 Å². The molecular weight excluding hydrogens is 286 g/mol. The van der Waals surface area contributed by atoms with Gasteiger partial charge < -0.3 is 30.1 Å². The molecule has 0 aromatic rings. The molecule has 0 aromatic carbocycles. The zero-order chi connectivity index (χ0) is 16.0. The van der Waals surface area contributed by atoms with Crippen molar-refractivity contribution < 1.29 is 39.2 Å². The minimum absolute atomic E-state index is 0.0326. The van der Waals surface area contributed by atoms with Gasteiger partial charge in [0.2, 0.25) is 5.91 Å². The lowest BCUT2D eigenvalue weighted by molar-refractivity contribution is -0.177. The number of aliphatic carboxylic acids is 1. The number of aliphatic hydroxyl groups is 2. The van der Waals surface area contributed by atoms with Crippen molar-refractivity contribution in [2.75, 3.05) is 13.2 Å². The van der Waals surface area contributed by atoms with Gasteiger partial charge >= 0.3 is 11.9 Å². The Morgan fingerprint density at radius 2 is 1.90 bits per heavy atom. The fraction of sp³-hybridized carbons (Fsp3) is 0.750. The second-order valence-electron chi connectivity index (χ2n) is 4.74. The fourth-order valence-corrected chi connectivity index (χ4v) is 1.87. The second-order valence-corrected chi connectivity index (χ2v) is 4.74. The highest BCUT2D eigenvalue weighted by Gasteiger charge is 2.39. The van der Waals surface area contributed by atoms with Crippen LogP contribution in [-0.2, 0) is 23.9 Å². The van der Waals surface area contributed by atoms with E-state index in [2.05, 4.69) is 5.32 Å². The largest absolute Gasteiger partial charge is 0.481 e. The first-order valence-corrected chi connectivity index (χ1v) is 6.43. The van der Waals surface area contributed by atoms with E-state index in [-0.39, 0.29) is 32.0 Å². The van der Waals surface area contributed by atoms with Crippen molar-refractivity contribution >= 4 is 17.8 Å². The van der Waals surface area contributed by atoms with E-state index in [1.165, 1.54) is 6.92 Å². The van der Waals surface area contributed by atoms with E-state index in [1.54, 1.807) is 0 Å². The van der Waals surface area contributed by atoms with Crippen molar-refractivity contribution in [2.24, 2.45) is 0 Å². The molecule has 0 spiro atoms. The van der Waals surface area contributed by atoms with Gasteiger partial charge in [0.15, 0.2) is 0 Å². The lowest BCUT2D eigenvalue weighted by atomic mass is 9.98. The van der Waals surface area contributed by atoms with E-state index < -0.39 is 36.3 Å². The lowest BCUT2D eigenvalue weighted by Gasteiger charge is -2.37. The maximum absolute atomic E-state index is 11.2. The van der Waals surface area contributed by atoms with E-state index in [4.69, 9.17) is 14.6 Å². The van der Waals surface area contributed by atoms with Gasteiger partial charge in [-0.3, -0.25) is 14.4 Å². The predicted octanol–water partition coefficient (Wildman–Crippen LogP) is -1.98. The zero-order valence-electron chi connectivity index (χ0n) is 11.5. The van der Waals surface area contributed by atoms with Gasteiger partial charge in [-0.2, -0.15) is 0 Å². The number of carbonyl (C=O) groups is 3. The van der Waals surface area contributed by atoms with E-state index >= 15 is 0 Å². The molecule has 1 unspecified atom stereocenters. The molecule has 1 amide bonds. The summed E-state index contributed by atoms with van der Waals surface area (Å²) in [6.07, 6.45) is -4.14. The highest BCUT2D eigenvalue weighted by Crippen LogP contribution is 2.16. The Kier molecular flexibility index (Phi) is 6.53. The normalized spacial score (nSPS) is 28.7. The highest BCUT2D eigenvalue weighted by molar-refractivity contribution is 5.76. The molecule has 0 radical (unpaired) electrons. The van der Waals surface area contributed by atoms with Crippen molar-refractivity contribution in [1.29, 1.82) is 0 Å². The molecule has 21 heavy (non-hydrogen) atoms. The Bertz CT molecular complexity index is 399. The van der Waals surface area contributed by atoms with Gasteiger partial charge in [0.1, 0.15) is 24.9 Å². The van der Waals surface area contributed by atoms with Crippen LogP contribution < -0.4 is 5.32 Å². The molecular formula is C12H19NO8. The van der Waals surface area contributed by atoms with Crippen molar-refractivity contribution in [3.63, 3.8) is 0 Å². The molecule has 0 saturated carbocycles. The molecule has 1 heterocycles. The third-order valence-electron chi connectivity index (χ3n) is 2.97. The standard InChI is InChI=1S/C12H19NO8/c1-6(14)13-7-4-20-8(12(19)11(7)18)5-21-10(17)3-2-9(15)16/h7-8,11-12,18-19H,2-5H2,1H3,(H,13,14)(H,15,16)/t7?,8-,11-,12-/m1/s1. The van der Waals surface area contributed by atoms with Crippen LogP contribution in [0.5, 0.6) is 0 Å². The number of carboxylic acid groups (broad SMARTS) is 1. The maximum Gasteiger partial charge on any atom is 0.306 e. The van der Waals surface area contributed by atoms with Crippen LogP contribution >= 0.6 is 0 Å². The van der Waals surface area contributed by atoms with Crippen LogP contribution in [0.3, 0.4) is 0 Å². The minimum atomic E-state index is -1.33. The number of hydrogen-bond donors (Lipinski definition) is 4. The zero-order valence-corrected chi connectivity index (χ0v) is 11.5. The summed E-state index contributed by atoms with van der Waals surface area (Å²) in [5, 5.41) is 30.5. The van der Waals surface area contributed by atoms with Crippen molar-refractivity contribution in [3.8, 4) is 0 Å². The number of nitrogens with one attached hydrogen (secondary N) is 1. The summed E-state index contributed by atoms with van der Waals surface area (Å²) in [4.78, 5) is 32.4. The number of aliphatic hydroxyl groups excluding tert-OH is 2. The van der Waals surface area contributed by atoms with Crippen LogP contribution in [0.4, 0.5) is 0 Å². The summed E-state index contributed by atoms with van der Waals surface area (Å²) in [5.74, 6) is -2.21. The van der Waals surface area contributed by atoms with Crippen LogP contribution in [-0.4, -0.2) is 70.7 Å². The summed E-state index contributed by atoms with van der Waals surface area (Å²) >= 11 is 0. The van der Waals surface area contributed by atoms with Crippen LogP contribution in [0.1, 0.15) is 19.8 Å². The molecule has 4 N–H and O–H groups in total. The Balaban J connectivity index is 2.39. The minimum Gasteiger partial charge on any atom is -0.481 e. The van der Waals surface area contributed by atoms with Crippen LogP contribution in [0.15, 0.2) is 0 Å². The van der Waals surface area contributed by atoms with E-state index in [1.807, 2.05) is 0 Å². The number of carboxylic acids is 1. The topological polar surface area (TPSA) is 142 Å². The summed E-state index contributed by atoms with van der Waals surface area (Å²) in [6, 6.07) is -0.739. The molecule has 9 nitrogen and oxygen atoms in total. The fourth-order valence-electron chi connectivity index (χ4n) is 1.87. The van der Waals surface area contributed by atoms with Gasteiger partial charge in [-0.25, -0.2) is 0 Å². The molecule has 1 saturated heterocycles. The Labute approximate surface area is 120 Å². The molecule has 1 aliphatic heterocycles. The van der Waals surface area contributed by atoms with Crippen LogP contribution in [0.2, 0.25) is 0 Å². The first-order valence-electron chi connectivity index (χ1n) is 6.43. The number of amides is 1. The van der Waals surface area contributed by atoms with Gasteiger partial charge in [-0.05, 0) is 0 Å². The van der Waals surface area contributed by atoms with Gasteiger partial charge in [0.05, 0.1) is 25.5 Å². The molecule has 120 valence electrons. The van der Waals surface area contributed by atoms with Crippen LogP contribution in [0.25, 0.3) is 0 Å². The summed E-state index contributed by atoms with van der Waals surface area (Å²) in [7, 11) is 0. The van der Waals surface area contributed by atoms with Gasteiger partial charge in [-0.15, -0.1) is 0 Å².